The van der Waals surface area contributed by atoms with Gasteiger partial charge in [-0.05, 0) is 59.8 Å². The van der Waals surface area contributed by atoms with Crippen LogP contribution in [0.5, 0.6) is 0 Å². The van der Waals surface area contributed by atoms with Crippen LogP contribution in [0.4, 0.5) is 13.2 Å². The standard InChI is InChI=1S/C20H29F3O/c1-18(2,3)9-7-14-11-16(20(21,22)23)12-15(17(14)13-24)8-10-19(4,5)6/h11-13H,7-10H2,1-6H3. The predicted octanol–water partition coefficient (Wildman–Crippen LogP) is 6.48. The van der Waals surface area contributed by atoms with E-state index in [0.717, 1.165) is 31.3 Å². The summed E-state index contributed by atoms with van der Waals surface area (Å²) in [6.45, 7) is 12.3. The molecule has 136 valence electrons. The lowest BCUT2D eigenvalue weighted by molar-refractivity contribution is -0.137. The van der Waals surface area contributed by atoms with Gasteiger partial charge in [0, 0.05) is 5.56 Å². The number of hydrogen-bond donors (Lipinski definition) is 0. The number of carbonyl (C=O) groups excluding carboxylic acids is 1. The van der Waals surface area contributed by atoms with E-state index in [0.29, 0.717) is 29.5 Å². The molecule has 0 atom stereocenters. The molecule has 24 heavy (non-hydrogen) atoms. The van der Waals surface area contributed by atoms with E-state index < -0.39 is 11.7 Å². The van der Waals surface area contributed by atoms with Crippen LogP contribution in [0, 0.1) is 10.8 Å². The number of carbonyl (C=O) groups is 1. The molecule has 0 saturated heterocycles. The van der Waals surface area contributed by atoms with Crippen molar-refractivity contribution in [2.75, 3.05) is 0 Å². The molecule has 0 aliphatic carbocycles. The molecule has 0 fully saturated rings. The molecule has 0 aromatic heterocycles. The first kappa shape index (κ1) is 20.7. The summed E-state index contributed by atoms with van der Waals surface area (Å²) in [5.41, 5.74) is 0.815. The van der Waals surface area contributed by atoms with Crippen LogP contribution in [-0.2, 0) is 19.0 Å². The lowest BCUT2D eigenvalue weighted by Gasteiger charge is -2.22. The van der Waals surface area contributed by atoms with Crippen LogP contribution in [0.15, 0.2) is 12.1 Å². The van der Waals surface area contributed by atoms with Crippen molar-refractivity contribution >= 4 is 6.29 Å². The molecular weight excluding hydrogens is 313 g/mol. The summed E-state index contributed by atoms with van der Waals surface area (Å²) in [4.78, 5) is 11.6. The average Bonchev–Trinajstić information content (AvgIpc) is 2.39. The number of alkyl halides is 3. The Labute approximate surface area is 143 Å². The van der Waals surface area contributed by atoms with Crippen LogP contribution in [0.2, 0.25) is 0 Å². The van der Waals surface area contributed by atoms with Gasteiger partial charge in [-0.25, -0.2) is 0 Å². The summed E-state index contributed by atoms with van der Waals surface area (Å²) in [5.74, 6) is 0. The second-order valence-electron chi connectivity index (χ2n) is 8.95. The summed E-state index contributed by atoms with van der Waals surface area (Å²) < 4.78 is 39.7. The monoisotopic (exact) mass is 342 g/mol. The van der Waals surface area contributed by atoms with Crippen molar-refractivity contribution in [3.05, 3.63) is 34.4 Å². The summed E-state index contributed by atoms with van der Waals surface area (Å²) in [5, 5.41) is 0. The van der Waals surface area contributed by atoms with E-state index in [1.165, 1.54) is 0 Å². The van der Waals surface area contributed by atoms with Crippen LogP contribution in [0.1, 0.15) is 81.4 Å². The number of halogens is 3. The number of rotatable bonds is 5. The topological polar surface area (TPSA) is 17.1 Å². The third-order valence-corrected chi connectivity index (χ3v) is 4.09. The van der Waals surface area contributed by atoms with Crippen LogP contribution in [0.3, 0.4) is 0 Å². The zero-order valence-electron chi connectivity index (χ0n) is 15.6. The van der Waals surface area contributed by atoms with E-state index >= 15 is 0 Å². The maximum Gasteiger partial charge on any atom is 0.416 e. The molecule has 0 aliphatic heterocycles. The molecular formula is C20H29F3O. The van der Waals surface area contributed by atoms with Gasteiger partial charge in [-0.2, -0.15) is 13.2 Å². The lowest BCUT2D eigenvalue weighted by Crippen LogP contribution is -2.14. The highest BCUT2D eigenvalue weighted by Gasteiger charge is 2.32. The minimum Gasteiger partial charge on any atom is -0.298 e. The molecule has 1 rings (SSSR count). The summed E-state index contributed by atoms with van der Waals surface area (Å²) >= 11 is 0. The van der Waals surface area contributed by atoms with Gasteiger partial charge in [-0.1, -0.05) is 41.5 Å². The first-order valence-electron chi connectivity index (χ1n) is 8.41. The first-order valence-corrected chi connectivity index (χ1v) is 8.41. The third-order valence-electron chi connectivity index (χ3n) is 4.09. The van der Waals surface area contributed by atoms with Crippen molar-refractivity contribution < 1.29 is 18.0 Å². The second kappa shape index (κ2) is 7.28. The smallest absolute Gasteiger partial charge is 0.298 e. The Morgan fingerprint density at radius 2 is 1.21 bits per heavy atom. The molecule has 1 aromatic rings. The highest BCUT2D eigenvalue weighted by molar-refractivity contribution is 5.80. The first-order chi connectivity index (χ1) is 10.7. The molecule has 0 N–H and O–H groups in total. The van der Waals surface area contributed by atoms with Crippen molar-refractivity contribution in [3.63, 3.8) is 0 Å². The Balaban J connectivity index is 3.31. The van der Waals surface area contributed by atoms with Crippen molar-refractivity contribution in [1.29, 1.82) is 0 Å². The van der Waals surface area contributed by atoms with Gasteiger partial charge in [-0.15, -0.1) is 0 Å². The van der Waals surface area contributed by atoms with Crippen molar-refractivity contribution in [1.82, 2.24) is 0 Å². The number of aryl methyl sites for hydroxylation is 2. The Morgan fingerprint density at radius 3 is 1.46 bits per heavy atom. The normalized spacial score (nSPS) is 13.2. The minimum atomic E-state index is -4.39. The van der Waals surface area contributed by atoms with Crippen LogP contribution < -0.4 is 0 Å². The molecule has 4 heteroatoms. The molecule has 0 saturated carbocycles. The molecule has 0 amide bonds. The van der Waals surface area contributed by atoms with Gasteiger partial charge in [0.1, 0.15) is 0 Å². The van der Waals surface area contributed by atoms with Crippen LogP contribution in [-0.4, -0.2) is 6.29 Å². The van der Waals surface area contributed by atoms with Crippen molar-refractivity contribution in [2.24, 2.45) is 10.8 Å². The van der Waals surface area contributed by atoms with Gasteiger partial charge in [-0.3, -0.25) is 4.79 Å². The Kier molecular flexibility index (Phi) is 6.29. The molecule has 1 nitrogen and oxygen atoms in total. The Morgan fingerprint density at radius 1 is 0.833 bits per heavy atom. The Hall–Kier alpha value is -1.32. The predicted molar refractivity (Wildman–Crippen MR) is 92.4 cm³/mol. The molecule has 0 bridgehead atoms. The Bertz CT molecular complexity index is 533. The zero-order valence-corrected chi connectivity index (χ0v) is 15.6. The van der Waals surface area contributed by atoms with E-state index in [2.05, 4.69) is 0 Å². The van der Waals surface area contributed by atoms with E-state index in [1.54, 1.807) is 0 Å². The fourth-order valence-corrected chi connectivity index (χ4v) is 2.53. The quantitative estimate of drug-likeness (QED) is 0.560. The number of aldehydes is 1. The van der Waals surface area contributed by atoms with E-state index in [9.17, 15) is 18.0 Å². The van der Waals surface area contributed by atoms with Gasteiger partial charge in [0.15, 0.2) is 6.29 Å². The average molecular weight is 342 g/mol. The maximum atomic E-state index is 13.2. The van der Waals surface area contributed by atoms with Gasteiger partial charge >= 0.3 is 6.18 Å². The lowest BCUT2D eigenvalue weighted by atomic mass is 9.83. The second-order valence-corrected chi connectivity index (χ2v) is 8.95. The largest absolute Gasteiger partial charge is 0.416 e. The highest BCUT2D eigenvalue weighted by Crippen LogP contribution is 2.34. The van der Waals surface area contributed by atoms with E-state index in [-0.39, 0.29) is 10.8 Å². The maximum absolute atomic E-state index is 13.2. The van der Waals surface area contributed by atoms with Gasteiger partial charge in [0.25, 0.3) is 0 Å². The molecule has 0 radical (unpaired) electrons. The van der Waals surface area contributed by atoms with Gasteiger partial charge in [0.2, 0.25) is 0 Å². The fourth-order valence-electron chi connectivity index (χ4n) is 2.53. The van der Waals surface area contributed by atoms with Crippen molar-refractivity contribution in [3.8, 4) is 0 Å². The van der Waals surface area contributed by atoms with Crippen LogP contribution in [0.25, 0.3) is 0 Å². The van der Waals surface area contributed by atoms with E-state index in [4.69, 9.17) is 0 Å². The van der Waals surface area contributed by atoms with Crippen LogP contribution >= 0.6 is 0 Å². The third kappa shape index (κ3) is 6.66. The van der Waals surface area contributed by atoms with Crippen molar-refractivity contribution in [2.45, 2.75) is 73.4 Å². The van der Waals surface area contributed by atoms with Gasteiger partial charge in [0.05, 0.1) is 5.56 Å². The molecule has 1 aromatic carbocycles. The SMILES string of the molecule is CC(C)(C)CCc1cc(C(F)(F)F)cc(CCC(C)(C)C)c1C=O. The van der Waals surface area contributed by atoms with E-state index in [1.807, 2.05) is 41.5 Å². The highest BCUT2D eigenvalue weighted by atomic mass is 19.4. The summed E-state index contributed by atoms with van der Waals surface area (Å²) in [7, 11) is 0. The fraction of sp³-hybridized carbons (Fsp3) is 0.650. The van der Waals surface area contributed by atoms with Gasteiger partial charge < -0.3 is 0 Å². The molecule has 0 aliphatic rings. The minimum absolute atomic E-state index is 0.0000352. The number of hydrogen-bond acceptors (Lipinski definition) is 1. The summed E-state index contributed by atoms with van der Waals surface area (Å²) in [6.07, 6.45) is -1.26. The number of benzene rings is 1. The molecule has 0 heterocycles. The zero-order chi connectivity index (χ0) is 18.8. The summed E-state index contributed by atoms with van der Waals surface area (Å²) in [6, 6.07) is 2.30. The molecule has 0 spiro atoms. The molecule has 0 unspecified atom stereocenters.